The summed E-state index contributed by atoms with van der Waals surface area (Å²) in [6, 6.07) is 14.9. The molecule has 0 aliphatic carbocycles. The number of nitrogens with one attached hydrogen (secondary N) is 1. The van der Waals surface area contributed by atoms with Crippen LogP contribution < -0.4 is 4.74 Å². The van der Waals surface area contributed by atoms with Crippen LogP contribution in [0.4, 0.5) is 0 Å². The normalized spacial score (nSPS) is 11.0. The van der Waals surface area contributed by atoms with Crippen molar-refractivity contribution in [3.63, 3.8) is 0 Å². The fourth-order valence-corrected chi connectivity index (χ4v) is 3.26. The number of fused-ring (bicyclic) bond motifs is 2. The molecule has 0 bridgehead atoms. The Balaban J connectivity index is 1.40. The number of rotatable bonds is 5. The van der Waals surface area contributed by atoms with Crippen molar-refractivity contribution in [2.24, 2.45) is 0 Å². The molecule has 0 unspecified atom stereocenters. The van der Waals surface area contributed by atoms with Gasteiger partial charge < -0.3 is 14.5 Å². The number of aryl methyl sites for hydroxylation is 1. The molecule has 0 spiro atoms. The predicted octanol–water partition coefficient (Wildman–Crippen LogP) is 4.91. The van der Waals surface area contributed by atoms with Crippen molar-refractivity contribution in [1.29, 1.82) is 0 Å². The first-order valence-corrected chi connectivity index (χ1v) is 8.92. The van der Waals surface area contributed by atoms with E-state index in [9.17, 15) is 4.79 Å². The number of H-pyrrole nitrogens is 1. The van der Waals surface area contributed by atoms with Crippen LogP contribution in [-0.4, -0.2) is 29.2 Å². The fraction of sp³-hybridized carbons (Fsp3) is 0.143. The Bertz CT molecular complexity index is 1130. The van der Waals surface area contributed by atoms with Crippen LogP contribution in [0, 0.1) is 6.92 Å². The molecule has 1 N–H and O–H groups in total. The highest BCUT2D eigenvalue weighted by Gasteiger charge is 2.14. The number of carbonyl (C=O) groups is 1. The second-order valence-electron chi connectivity index (χ2n) is 6.18. The molecule has 5 nitrogen and oxygen atoms in total. The molecule has 6 heteroatoms. The number of hydrogen-bond donors (Lipinski definition) is 1. The first-order chi connectivity index (χ1) is 13.1. The average Bonchev–Trinajstić information content (AvgIpc) is 3.03. The highest BCUT2D eigenvalue weighted by atomic mass is 35.5. The minimum Gasteiger partial charge on any atom is -0.489 e. The van der Waals surface area contributed by atoms with Crippen molar-refractivity contribution in [2.45, 2.75) is 6.92 Å². The SMILES string of the molecule is Cc1cc2cc(C(=O)OCCOc3ccnc4ccccc34)c(Cl)cc2[nH]1. The van der Waals surface area contributed by atoms with Gasteiger partial charge in [0.1, 0.15) is 19.0 Å². The molecule has 2 aromatic heterocycles. The number of hydrogen-bond acceptors (Lipinski definition) is 4. The van der Waals surface area contributed by atoms with Crippen LogP contribution in [0.1, 0.15) is 16.1 Å². The lowest BCUT2D eigenvalue weighted by atomic mass is 10.1. The lowest BCUT2D eigenvalue weighted by Crippen LogP contribution is -2.13. The predicted molar refractivity (Wildman–Crippen MR) is 106 cm³/mol. The number of para-hydroxylation sites is 1. The summed E-state index contributed by atoms with van der Waals surface area (Å²) >= 11 is 6.22. The molecule has 2 aromatic carbocycles. The van der Waals surface area contributed by atoms with Gasteiger partial charge in [0.2, 0.25) is 0 Å². The van der Waals surface area contributed by atoms with E-state index in [1.165, 1.54) is 0 Å². The van der Waals surface area contributed by atoms with E-state index in [0.717, 1.165) is 27.5 Å². The Kier molecular flexibility index (Phi) is 4.69. The maximum Gasteiger partial charge on any atom is 0.339 e. The third-order valence-electron chi connectivity index (χ3n) is 4.25. The maximum absolute atomic E-state index is 12.4. The van der Waals surface area contributed by atoms with Gasteiger partial charge in [0.25, 0.3) is 0 Å². The number of benzene rings is 2. The Hall–Kier alpha value is -3.05. The van der Waals surface area contributed by atoms with E-state index in [4.69, 9.17) is 21.1 Å². The molecule has 0 atom stereocenters. The zero-order valence-corrected chi connectivity index (χ0v) is 15.4. The van der Waals surface area contributed by atoms with Crippen LogP contribution in [0.25, 0.3) is 21.8 Å². The maximum atomic E-state index is 12.4. The van der Waals surface area contributed by atoms with Crippen LogP contribution in [-0.2, 0) is 4.74 Å². The van der Waals surface area contributed by atoms with Crippen LogP contribution in [0.3, 0.4) is 0 Å². The Labute approximate surface area is 160 Å². The summed E-state index contributed by atoms with van der Waals surface area (Å²) in [4.78, 5) is 19.8. The van der Waals surface area contributed by atoms with E-state index < -0.39 is 5.97 Å². The van der Waals surface area contributed by atoms with Crippen LogP contribution in [0.5, 0.6) is 5.75 Å². The summed E-state index contributed by atoms with van der Waals surface area (Å²) in [5.41, 5.74) is 3.10. The Morgan fingerprint density at radius 2 is 2.00 bits per heavy atom. The zero-order chi connectivity index (χ0) is 18.8. The molecule has 4 aromatic rings. The Morgan fingerprint density at radius 1 is 1.15 bits per heavy atom. The Morgan fingerprint density at radius 3 is 2.89 bits per heavy atom. The first kappa shape index (κ1) is 17.4. The molecule has 2 heterocycles. The third-order valence-corrected chi connectivity index (χ3v) is 4.56. The number of halogens is 1. The van der Waals surface area contributed by atoms with E-state index in [1.54, 1.807) is 24.4 Å². The topological polar surface area (TPSA) is 64.2 Å². The summed E-state index contributed by atoms with van der Waals surface area (Å²) < 4.78 is 11.1. The molecule has 0 radical (unpaired) electrons. The van der Waals surface area contributed by atoms with Gasteiger partial charge in [-0.1, -0.05) is 23.7 Å². The minimum atomic E-state index is -0.469. The molecule has 0 saturated carbocycles. The van der Waals surface area contributed by atoms with Crippen molar-refractivity contribution in [2.75, 3.05) is 13.2 Å². The van der Waals surface area contributed by atoms with Gasteiger partial charge in [-0.2, -0.15) is 0 Å². The molecule has 27 heavy (non-hydrogen) atoms. The molecule has 0 aliphatic rings. The number of pyridine rings is 1. The van der Waals surface area contributed by atoms with Gasteiger partial charge in [-0.15, -0.1) is 0 Å². The summed E-state index contributed by atoms with van der Waals surface area (Å²) in [7, 11) is 0. The van der Waals surface area contributed by atoms with Crippen LogP contribution in [0.2, 0.25) is 5.02 Å². The summed E-state index contributed by atoms with van der Waals surface area (Å²) in [5.74, 6) is 0.239. The number of nitrogens with zero attached hydrogens (tertiary/aromatic N) is 1. The van der Waals surface area contributed by atoms with Crippen molar-refractivity contribution in [1.82, 2.24) is 9.97 Å². The lowest BCUT2D eigenvalue weighted by molar-refractivity contribution is 0.0451. The second kappa shape index (κ2) is 7.29. The highest BCUT2D eigenvalue weighted by molar-refractivity contribution is 6.34. The van der Waals surface area contributed by atoms with E-state index >= 15 is 0 Å². The standard InChI is InChI=1S/C21H17ClN2O3/c1-13-10-14-11-16(17(22)12-19(14)24-13)21(25)27-9-8-26-20-6-7-23-18-5-3-2-4-15(18)20/h2-7,10-12,24H,8-9H2,1H3. The molecule has 136 valence electrons. The largest absolute Gasteiger partial charge is 0.489 e. The van der Waals surface area contributed by atoms with Gasteiger partial charge in [-0.05, 0) is 43.3 Å². The first-order valence-electron chi connectivity index (χ1n) is 8.54. The fourth-order valence-electron chi connectivity index (χ4n) is 3.02. The zero-order valence-electron chi connectivity index (χ0n) is 14.7. The van der Waals surface area contributed by atoms with Gasteiger partial charge >= 0.3 is 5.97 Å². The van der Waals surface area contributed by atoms with E-state index in [1.807, 2.05) is 37.3 Å². The van der Waals surface area contributed by atoms with Crippen molar-refractivity contribution >= 4 is 39.4 Å². The number of aromatic amines is 1. The lowest BCUT2D eigenvalue weighted by Gasteiger charge is -2.10. The number of ether oxygens (including phenoxy) is 2. The highest BCUT2D eigenvalue weighted by Crippen LogP contribution is 2.26. The average molecular weight is 381 g/mol. The second-order valence-corrected chi connectivity index (χ2v) is 6.59. The molecule has 0 amide bonds. The van der Waals surface area contributed by atoms with Crippen molar-refractivity contribution in [3.8, 4) is 5.75 Å². The summed E-state index contributed by atoms with van der Waals surface area (Å²) in [6.45, 7) is 2.31. The minimum absolute atomic E-state index is 0.121. The van der Waals surface area contributed by atoms with Gasteiger partial charge in [0.15, 0.2) is 0 Å². The smallest absolute Gasteiger partial charge is 0.339 e. The third kappa shape index (κ3) is 3.59. The van der Waals surface area contributed by atoms with Gasteiger partial charge in [0, 0.05) is 28.2 Å². The van der Waals surface area contributed by atoms with Gasteiger partial charge in [0.05, 0.1) is 16.1 Å². The number of aromatic nitrogens is 2. The monoisotopic (exact) mass is 380 g/mol. The van der Waals surface area contributed by atoms with E-state index in [0.29, 0.717) is 16.3 Å². The molecule has 0 aliphatic heterocycles. The molecule has 0 fully saturated rings. The molecular weight excluding hydrogens is 364 g/mol. The van der Waals surface area contributed by atoms with Gasteiger partial charge in [-0.25, -0.2) is 4.79 Å². The quantitative estimate of drug-likeness (QED) is 0.394. The van der Waals surface area contributed by atoms with Crippen LogP contribution >= 0.6 is 11.6 Å². The number of carbonyl (C=O) groups excluding carboxylic acids is 1. The molecular formula is C21H17ClN2O3. The van der Waals surface area contributed by atoms with E-state index in [-0.39, 0.29) is 13.2 Å². The molecule has 4 rings (SSSR count). The van der Waals surface area contributed by atoms with Crippen molar-refractivity contribution < 1.29 is 14.3 Å². The van der Waals surface area contributed by atoms with Gasteiger partial charge in [-0.3, -0.25) is 4.98 Å². The molecule has 0 saturated heterocycles. The summed E-state index contributed by atoms with van der Waals surface area (Å²) in [6.07, 6.45) is 1.69. The van der Waals surface area contributed by atoms with Crippen LogP contribution in [0.15, 0.2) is 54.7 Å². The van der Waals surface area contributed by atoms with Crippen molar-refractivity contribution in [3.05, 3.63) is 71.0 Å². The summed E-state index contributed by atoms with van der Waals surface area (Å²) in [5, 5.41) is 2.20. The number of esters is 1. The van der Waals surface area contributed by atoms with E-state index in [2.05, 4.69) is 9.97 Å².